The summed E-state index contributed by atoms with van der Waals surface area (Å²) in [6.07, 6.45) is 23.3. The number of aliphatic hydroxyl groups is 2. The van der Waals surface area contributed by atoms with Gasteiger partial charge < -0.3 is 10.2 Å². The SMILES string of the molecule is CC(C)=CCC/C(C)=C/CC/C(C)=C/CC/C=C(\C)CC/C=C(\C)CCC=C(C)C(O)O. The van der Waals surface area contributed by atoms with Crippen LogP contribution in [0, 0.1) is 0 Å². The highest BCUT2D eigenvalue weighted by Crippen LogP contribution is 2.15. The Kier molecular flexibility index (Phi) is 17.9. The summed E-state index contributed by atoms with van der Waals surface area (Å²) in [5.41, 5.74) is 7.88. The summed E-state index contributed by atoms with van der Waals surface area (Å²) in [6.45, 7) is 15.0. The van der Waals surface area contributed by atoms with E-state index in [1.54, 1.807) is 6.92 Å². The van der Waals surface area contributed by atoms with E-state index in [1.807, 2.05) is 6.08 Å². The highest BCUT2D eigenvalue weighted by Gasteiger charge is 1.99. The second-order valence-corrected chi connectivity index (χ2v) is 9.54. The van der Waals surface area contributed by atoms with E-state index in [2.05, 4.69) is 71.9 Å². The first-order valence-corrected chi connectivity index (χ1v) is 12.4. The Morgan fingerprint density at radius 1 is 0.469 bits per heavy atom. The van der Waals surface area contributed by atoms with Crippen LogP contribution in [0.5, 0.6) is 0 Å². The zero-order valence-corrected chi connectivity index (χ0v) is 22.0. The predicted molar refractivity (Wildman–Crippen MR) is 143 cm³/mol. The van der Waals surface area contributed by atoms with Crippen LogP contribution in [0.25, 0.3) is 0 Å². The van der Waals surface area contributed by atoms with Gasteiger partial charge in [-0.3, -0.25) is 0 Å². The van der Waals surface area contributed by atoms with Crippen molar-refractivity contribution in [3.63, 3.8) is 0 Å². The van der Waals surface area contributed by atoms with Crippen molar-refractivity contribution in [3.05, 3.63) is 69.9 Å². The molecular weight excluding hydrogens is 392 g/mol. The highest BCUT2D eigenvalue weighted by molar-refractivity contribution is 5.08. The van der Waals surface area contributed by atoms with Crippen LogP contribution in [0.2, 0.25) is 0 Å². The van der Waals surface area contributed by atoms with Crippen LogP contribution in [0.3, 0.4) is 0 Å². The van der Waals surface area contributed by atoms with E-state index in [9.17, 15) is 0 Å². The standard InChI is InChI=1S/C30H50O2/c1-24(2)14-10-17-27(5)20-11-18-25(3)15-8-9-16-26(4)19-12-21-28(6)22-13-23-29(7)30(31)32/h14-16,20-21,23,30-32H,8-13,17-19,22H2,1-7H3/b25-15+,26-16+,27-20+,28-21+,29-23?. The van der Waals surface area contributed by atoms with Crippen molar-refractivity contribution in [1.82, 2.24) is 0 Å². The zero-order valence-electron chi connectivity index (χ0n) is 22.0. The number of aliphatic hydroxyl groups excluding tert-OH is 1. The minimum absolute atomic E-state index is 0.627. The van der Waals surface area contributed by atoms with Gasteiger partial charge in [0.15, 0.2) is 6.29 Å². The summed E-state index contributed by atoms with van der Waals surface area (Å²) >= 11 is 0. The average molecular weight is 443 g/mol. The molecule has 0 atom stereocenters. The molecule has 0 aliphatic rings. The molecule has 0 spiro atoms. The Balaban J connectivity index is 4.10. The van der Waals surface area contributed by atoms with Crippen LogP contribution in [-0.2, 0) is 0 Å². The molecule has 2 nitrogen and oxygen atoms in total. The maximum atomic E-state index is 9.06. The first-order chi connectivity index (χ1) is 15.1. The molecule has 0 aliphatic heterocycles. The van der Waals surface area contributed by atoms with Gasteiger partial charge in [0.1, 0.15) is 0 Å². The number of rotatable bonds is 16. The first kappa shape index (κ1) is 30.4. The Labute approximate surface area is 199 Å². The molecule has 2 N–H and O–H groups in total. The summed E-state index contributed by atoms with van der Waals surface area (Å²) in [7, 11) is 0. The lowest BCUT2D eigenvalue weighted by Gasteiger charge is -2.04. The van der Waals surface area contributed by atoms with Crippen LogP contribution in [0.4, 0.5) is 0 Å². The van der Waals surface area contributed by atoms with E-state index >= 15 is 0 Å². The van der Waals surface area contributed by atoms with Gasteiger partial charge in [-0.05, 0) is 118 Å². The maximum absolute atomic E-state index is 9.06. The van der Waals surface area contributed by atoms with Crippen molar-refractivity contribution < 1.29 is 10.2 Å². The lowest BCUT2D eigenvalue weighted by molar-refractivity contribution is -0.00788. The third kappa shape index (κ3) is 19.1. The molecule has 0 amide bonds. The largest absolute Gasteiger partial charge is 0.365 e. The number of allylic oxidation sites excluding steroid dienone is 11. The molecule has 182 valence electrons. The monoisotopic (exact) mass is 442 g/mol. The van der Waals surface area contributed by atoms with Crippen molar-refractivity contribution in [2.45, 2.75) is 119 Å². The van der Waals surface area contributed by atoms with Crippen molar-refractivity contribution in [1.29, 1.82) is 0 Å². The lowest BCUT2D eigenvalue weighted by Crippen LogP contribution is -2.05. The van der Waals surface area contributed by atoms with Gasteiger partial charge >= 0.3 is 0 Å². The Bertz CT molecular complexity index is 692. The van der Waals surface area contributed by atoms with Crippen LogP contribution in [0.15, 0.2) is 69.9 Å². The van der Waals surface area contributed by atoms with Crippen LogP contribution in [0.1, 0.15) is 113 Å². The number of hydrogen-bond acceptors (Lipinski definition) is 2. The fourth-order valence-electron chi connectivity index (χ4n) is 3.38. The fraction of sp³-hybridized carbons (Fsp3) is 0.600. The molecule has 0 rings (SSSR count). The van der Waals surface area contributed by atoms with Gasteiger partial charge in [0.25, 0.3) is 0 Å². The second-order valence-electron chi connectivity index (χ2n) is 9.54. The predicted octanol–water partition coefficient (Wildman–Crippen LogP) is 8.90. The molecular formula is C30H50O2. The van der Waals surface area contributed by atoms with Crippen molar-refractivity contribution in [3.8, 4) is 0 Å². The van der Waals surface area contributed by atoms with Crippen LogP contribution >= 0.6 is 0 Å². The summed E-state index contributed by atoms with van der Waals surface area (Å²) < 4.78 is 0. The molecule has 0 aromatic heterocycles. The number of hydrogen-bond donors (Lipinski definition) is 2. The molecule has 0 saturated carbocycles. The Morgan fingerprint density at radius 2 is 0.781 bits per heavy atom. The molecule has 0 bridgehead atoms. The van der Waals surface area contributed by atoms with E-state index in [-0.39, 0.29) is 0 Å². The maximum Gasteiger partial charge on any atom is 0.173 e. The molecule has 0 radical (unpaired) electrons. The average Bonchev–Trinajstić information content (AvgIpc) is 2.70. The van der Waals surface area contributed by atoms with Gasteiger partial charge in [-0.2, -0.15) is 0 Å². The van der Waals surface area contributed by atoms with E-state index in [4.69, 9.17) is 10.2 Å². The van der Waals surface area contributed by atoms with Gasteiger partial charge in [0, 0.05) is 0 Å². The third-order valence-electron chi connectivity index (χ3n) is 5.72. The molecule has 0 fully saturated rings. The van der Waals surface area contributed by atoms with Gasteiger partial charge in [0.2, 0.25) is 0 Å². The van der Waals surface area contributed by atoms with Crippen LogP contribution < -0.4 is 0 Å². The summed E-state index contributed by atoms with van der Waals surface area (Å²) in [5.74, 6) is 0. The molecule has 2 heteroatoms. The Hall–Kier alpha value is -1.64. The topological polar surface area (TPSA) is 40.5 Å². The normalized spacial score (nSPS) is 14.4. The molecule has 0 saturated heterocycles. The smallest absolute Gasteiger partial charge is 0.173 e. The van der Waals surface area contributed by atoms with E-state index in [0.29, 0.717) is 5.57 Å². The van der Waals surface area contributed by atoms with Crippen molar-refractivity contribution >= 4 is 0 Å². The highest BCUT2D eigenvalue weighted by atomic mass is 16.5. The summed E-state index contributed by atoms with van der Waals surface area (Å²) in [6, 6.07) is 0. The minimum atomic E-state index is -1.32. The molecule has 0 aliphatic carbocycles. The van der Waals surface area contributed by atoms with Crippen molar-refractivity contribution in [2.75, 3.05) is 0 Å². The molecule has 32 heavy (non-hydrogen) atoms. The number of unbranched alkanes of at least 4 members (excludes halogenated alkanes) is 1. The van der Waals surface area contributed by atoms with E-state index in [1.165, 1.54) is 40.7 Å². The second kappa shape index (κ2) is 18.9. The van der Waals surface area contributed by atoms with E-state index < -0.39 is 6.29 Å². The van der Waals surface area contributed by atoms with E-state index in [0.717, 1.165) is 51.4 Å². The quantitative estimate of drug-likeness (QED) is 0.142. The molecule has 0 aromatic rings. The summed E-state index contributed by atoms with van der Waals surface area (Å²) in [4.78, 5) is 0. The van der Waals surface area contributed by atoms with Gasteiger partial charge in [-0.1, -0.05) is 64.3 Å². The fourth-order valence-corrected chi connectivity index (χ4v) is 3.38. The lowest BCUT2D eigenvalue weighted by atomic mass is 10.0. The Morgan fingerprint density at radius 3 is 1.12 bits per heavy atom. The van der Waals surface area contributed by atoms with Gasteiger partial charge in [0.05, 0.1) is 0 Å². The molecule has 0 unspecified atom stereocenters. The third-order valence-corrected chi connectivity index (χ3v) is 5.72. The van der Waals surface area contributed by atoms with Gasteiger partial charge in [-0.15, -0.1) is 0 Å². The van der Waals surface area contributed by atoms with Crippen molar-refractivity contribution in [2.24, 2.45) is 0 Å². The summed E-state index contributed by atoms with van der Waals surface area (Å²) in [5, 5.41) is 18.1. The molecule has 0 heterocycles. The van der Waals surface area contributed by atoms with Gasteiger partial charge in [-0.25, -0.2) is 0 Å². The minimum Gasteiger partial charge on any atom is -0.365 e. The van der Waals surface area contributed by atoms with Crippen LogP contribution in [-0.4, -0.2) is 16.5 Å². The molecule has 0 aromatic carbocycles. The first-order valence-electron chi connectivity index (χ1n) is 12.4. The zero-order chi connectivity index (χ0) is 24.4.